The molecule has 1 heterocycles. The number of ether oxygens (including phenoxy) is 1. The summed E-state index contributed by atoms with van der Waals surface area (Å²) in [5.41, 5.74) is 2.42. The summed E-state index contributed by atoms with van der Waals surface area (Å²) >= 11 is 0. The van der Waals surface area contributed by atoms with Crippen LogP contribution in [0.3, 0.4) is 0 Å². The average Bonchev–Trinajstić information content (AvgIpc) is 2.70. The second-order valence-corrected chi connectivity index (χ2v) is 7.21. The summed E-state index contributed by atoms with van der Waals surface area (Å²) in [7, 11) is 0. The van der Waals surface area contributed by atoms with Crippen LogP contribution in [0.1, 0.15) is 25.0 Å². The van der Waals surface area contributed by atoms with Crippen LogP contribution >= 0.6 is 0 Å². The molecule has 0 radical (unpaired) electrons. The van der Waals surface area contributed by atoms with Crippen LogP contribution in [0.5, 0.6) is 5.75 Å². The van der Waals surface area contributed by atoms with Crippen LogP contribution in [0.25, 0.3) is 0 Å². The highest BCUT2D eigenvalue weighted by Gasteiger charge is 2.24. The largest absolute Gasteiger partial charge is 0.494 e. The normalized spacial score (nSPS) is 16.1. The molecule has 2 aromatic rings. The summed E-state index contributed by atoms with van der Waals surface area (Å²) in [6.45, 7) is 8.43. The number of rotatable bonds is 7. The Hall–Kier alpha value is -2.33. The summed E-state index contributed by atoms with van der Waals surface area (Å²) < 4.78 is 5.46. The maximum Gasteiger partial charge on any atom is 0.227 e. The van der Waals surface area contributed by atoms with Crippen LogP contribution in [-0.4, -0.2) is 54.5 Å². The lowest BCUT2D eigenvalue weighted by atomic mass is 10.1. The first-order valence-electron chi connectivity index (χ1n) is 9.93. The first-order chi connectivity index (χ1) is 13.2. The SMILES string of the molecule is CCOc1ccc(CC(=O)N2CCN(C(C)Cc3ccccc3)CC2)cc1. The molecule has 1 saturated heterocycles. The summed E-state index contributed by atoms with van der Waals surface area (Å²) in [4.78, 5) is 17.1. The minimum Gasteiger partial charge on any atom is -0.494 e. The van der Waals surface area contributed by atoms with E-state index in [1.165, 1.54) is 5.56 Å². The Bertz CT molecular complexity index is 707. The van der Waals surface area contributed by atoms with E-state index in [1.807, 2.05) is 36.1 Å². The zero-order chi connectivity index (χ0) is 19.1. The Morgan fingerprint density at radius 1 is 0.963 bits per heavy atom. The van der Waals surface area contributed by atoms with Crippen molar-refractivity contribution in [1.29, 1.82) is 0 Å². The maximum absolute atomic E-state index is 12.6. The van der Waals surface area contributed by atoms with Crippen molar-refractivity contribution >= 4 is 5.91 Å². The van der Waals surface area contributed by atoms with Crippen molar-refractivity contribution in [2.75, 3.05) is 32.8 Å². The fraction of sp³-hybridized carbons (Fsp3) is 0.435. The van der Waals surface area contributed by atoms with Gasteiger partial charge in [0.05, 0.1) is 13.0 Å². The first-order valence-corrected chi connectivity index (χ1v) is 9.93. The van der Waals surface area contributed by atoms with Gasteiger partial charge in [0.25, 0.3) is 0 Å². The van der Waals surface area contributed by atoms with Crippen molar-refractivity contribution in [2.45, 2.75) is 32.7 Å². The molecule has 1 atom stereocenters. The molecule has 0 bridgehead atoms. The van der Waals surface area contributed by atoms with E-state index >= 15 is 0 Å². The summed E-state index contributed by atoms with van der Waals surface area (Å²) in [5.74, 6) is 1.07. The van der Waals surface area contributed by atoms with Gasteiger partial charge in [0.2, 0.25) is 5.91 Å². The van der Waals surface area contributed by atoms with E-state index in [4.69, 9.17) is 4.74 Å². The van der Waals surface area contributed by atoms with Gasteiger partial charge in [-0.3, -0.25) is 9.69 Å². The molecule has 0 spiro atoms. The van der Waals surface area contributed by atoms with Crippen molar-refractivity contribution in [1.82, 2.24) is 9.80 Å². The fourth-order valence-corrected chi connectivity index (χ4v) is 3.65. The van der Waals surface area contributed by atoms with E-state index in [9.17, 15) is 4.79 Å². The molecule has 1 aliphatic rings. The Morgan fingerprint density at radius 2 is 1.63 bits per heavy atom. The molecule has 27 heavy (non-hydrogen) atoms. The van der Waals surface area contributed by atoms with E-state index in [0.29, 0.717) is 19.1 Å². The van der Waals surface area contributed by atoms with Crippen molar-refractivity contribution in [3.63, 3.8) is 0 Å². The number of piperazine rings is 1. The zero-order valence-corrected chi connectivity index (χ0v) is 16.4. The second kappa shape index (κ2) is 9.56. The Labute approximate surface area is 162 Å². The van der Waals surface area contributed by atoms with Gasteiger partial charge in [-0.2, -0.15) is 0 Å². The summed E-state index contributed by atoms with van der Waals surface area (Å²) in [6, 6.07) is 19.0. The molecule has 1 amide bonds. The number of hydrogen-bond acceptors (Lipinski definition) is 3. The van der Waals surface area contributed by atoms with E-state index in [0.717, 1.165) is 43.9 Å². The van der Waals surface area contributed by atoms with Crippen LogP contribution in [0, 0.1) is 0 Å². The maximum atomic E-state index is 12.6. The molecule has 1 fully saturated rings. The summed E-state index contributed by atoms with van der Waals surface area (Å²) in [6.07, 6.45) is 1.52. The molecule has 4 heteroatoms. The molecule has 144 valence electrons. The van der Waals surface area contributed by atoms with Crippen LogP contribution in [-0.2, 0) is 17.6 Å². The number of amides is 1. The molecule has 1 unspecified atom stereocenters. The van der Waals surface area contributed by atoms with E-state index in [-0.39, 0.29) is 5.91 Å². The quantitative estimate of drug-likeness (QED) is 0.753. The standard InChI is InChI=1S/C23H30N2O2/c1-3-27-22-11-9-21(10-12-22)18-23(26)25-15-13-24(14-16-25)19(2)17-20-7-5-4-6-8-20/h4-12,19H,3,13-18H2,1-2H3. The van der Waals surface area contributed by atoms with Gasteiger partial charge >= 0.3 is 0 Å². The lowest BCUT2D eigenvalue weighted by Crippen LogP contribution is -2.52. The Morgan fingerprint density at radius 3 is 2.26 bits per heavy atom. The molecular weight excluding hydrogens is 336 g/mol. The third-order valence-electron chi connectivity index (χ3n) is 5.25. The predicted molar refractivity (Wildman–Crippen MR) is 109 cm³/mol. The van der Waals surface area contributed by atoms with Crippen molar-refractivity contribution < 1.29 is 9.53 Å². The van der Waals surface area contributed by atoms with Crippen LogP contribution in [0.15, 0.2) is 54.6 Å². The molecular formula is C23H30N2O2. The van der Waals surface area contributed by atoms with Crippen LogP contribution < -0.4 is 4.74 Å². The number of carbonyl (C=O) groups is 1. The number of carbonyl (C=O) groups excluding carboxylic acids is 1. The molecule has 0 N–H and O–H groups in total. The van der Waals surface area contributed by atoms with E-state index in [2.05, 4.69) is 42.2 Å². The fourth-order valence-electron chi connectivity index (χ4n) is 3.65. The lowest BCUT2D eigenvalue weighted by Gasteiger charge is -2.38. The molecule has 0 saturated carbocycles. The van der Waals surface area contributed by atoms with E-state index < -0.39 is 0 Å². The van der Waals surface area contributed by atoms with Crippen molar-refractivity contribution in [2.24, 2.45) is 0 Å². The van der Waals surface area contributed by atoms with Crippen molar-refractivity contribution in [3.05, 3.63) is 65.7 Å². The van der Waals surface area contributed by atoms with Gasteiger partial charge in [0, 0.05) is 32.2 Å². The second-order valence-electron chi connectivity index (χ2n) is 7.21. The smallest absolute Gasteiger partial charge is 0.227 e. The Kier molecular flexibility index (Phi) is 6.88. The highest BCUT2D eigenvalue weighted by Crippen LogP contribution is 2.15. The number of hydrogen-bond donors (Lipinski definition) is 0. The third-order valence-corrected chi connectivity index (χ3v) is 5.25. The molecule has 4 nitrogen and oxygen atoms in total. The molecule has 3 rings (SSSR count). The minimum atomic E-state index is 0.217. The molecule has 0 aliphatic carbocycles. The Balaban J connectivity index is 1.46. The van der Waals surface area contributed by atoms with Gasteiger partial charge in [0.15, 0.2) is 0 Å². The van der Waals surface area contributed by atoms with Gasteiger partial charge < -0.3 is 9.64 Å². The topological polar surface area (TPSA) is 32.8 Å². The van der Waals surface area contributed by atoms with Gasteiger partial charge in [-0.15, -0.1) is 0 Å². The van der Waals surface area contributed by atoms with Gasteiger partial charge in [-0.05, 0) is 43.5 Å². The third kappa shape index (κ3) is 5.57. The van der Waals surface area contributed by atoms with Gasteiger partial charge in [0.1, 0.15) is 5.75 Å². The van der Waals surface area contributed by atoms with Crippen LogP contribution in [0.2, 0.25) is 0 Å². The number of nitrogens with zero attached hydrogens (tertiary/aromatic N) is 2. The minimum absolute atomic E-state index is 0.217. The van der Waals surface area contributed by atoms with Crippen LogP contribution in [0.4, 0.5) is 0 Å². The summed E-state index contributed by atoms with van der Waals surface area (Å²) in [5, 5.41) is 0. The van der Waals surface area contributed by atoms with Gasteiger partial charge in [-0.25, -0.2) is 0 Å². The zero-order valence-electron chi connectivity index (χ0n) is 16.4. The monoisotopic (exact) mass is 366 g/mol. The van der Waals surface area contributed by atoms with Gasteiger partial charge in [-0.1, -0.05) is 42.5 Å². The highest BCUT2D eigenvalue weighted by molar-refractivity contribution is 5.79. The predicted octanol–water partition coefficient (Wildman–Crippen LogP) is 3.40. The highest BCUT2D eigenvalue weighted by atomic mass is 16.5. The van der Waals surface area contributed by atoms with Crippen molar-refractivity contribution in [3.8, 4) is 5.75 Å². The number of benzene rings is 2. The lowest BCUT2D eigenvalue weighted by molar-refractivity contribution is -0.132. The average molecular weight is 367 g/mol. The molecule has 0 aromatic heterocycles. The molecule has 2 aromatic carbocycles. The van der Waals surface area contributed by atoms with E-state index in [1.54, 1.807) is 0 Å². The molecule has 1 aliphatic heterocycles. The first kappa shape index (κ1) is 19.4.